The summed E-state index contributed by atoms with van der Waals surface area (Å²) in [4.78, 5) is 2.50. The van der Waals surface area contributed by atoms with E-state index in [0.717, 1.165) is 11.4 Å². The maximum atomic E-state index is 2.50. The van der Waals surface area contributed by atoms with Crippen molar-refractivity contribution in [2.45, 2.75) is 0 Å². The van der Waals surface area contributed by atoms with Gasteiger partial charge in [-0.25, -0.2) is 0 Å². The zero-order valence-electron chi connectivity index (χ0n) is 24.7. The van der Waals surface area contributed by atoms with Gasteiger partial charge in [0, 0.05) is 0 Å². The zero-order chi connectivity index (χ0) is 29.8. The maximum absolute atomic E-state index is 3.39. The Balaban J connectivity index is 1.33. The van der Waals surface area contributed by atoms with Crippen molar-refractivity contribution in [1.29, 1.82) is 0 Å². The van der Waals surface area contributed by atoms with E-state index in [2.05, 4.69) is 191 Å². The molecule has 0 atom stereocenters. The normalized spacial score (nSPS) is 13.5. The fraction of sp³-hybridized carbons (Fsp3) is 0. The SMILES string of the molecule is c1cc[c]([Ge]2([c]3ccccc3)[c]3ccccc3N(c3cccc(-n4c5ccccc5c5ccccc54)c3)c3cccc[c]32)cc1. The molecule has 0 unspecified atom stereocenters. The van der Waals surface area contributed by atoms with Crippen LogP contribution in [0.5, 0.6) is 0 Å². The van der Waals surface area contributed by atoms with Crippen molar-refractivity contribution >= 4 is 69.7 Å². The predicted molar refractivity (Wildman–Crippen MR) is 193 cm³/mol. The molecule has 3 heteroatoms. The second-order valence-electron chi connectivity index (χ2n) is 11.7. The molecule has 2 nitrogen and oxygen atoms in total. The molecule has 0 N–H and O–H groups in total. The molecule has 2 heterocycles. The van der Waals surface area contributed by atoms with Crippen LogP contribution in [-0.4, -0.2) is 17.8 Å². The van der Waals surface area contributed by atoms with Gasteiger partial charge in [0.25, 0.3) is 0 Å². The van der Waals surface area contributed by atoms with Crippen molar-refractivity contribution < 1.29 is 0 Å². The average Bonchev–Trinajstić information content (AvgIpc) is 3.46. The van der Waals surface area contributed by atoms with E-state index in [0.29, 0.717) is 0 Å². The van der Waals surface area contributed by atoms with Crippen molar-refractivity contribution in [1.82, 2.24) is 4.57 Å². The number of fused-ring (bicyclic) bond motifs is 5. The van der Waals surface area contributed by atoms with Crippen LogP contribution in [0, 0.1) is 0 Å². The first-order chi connectivity index (χ1) is 22.4. The number of hydrogen-bond donors (Lipinski definition) is 0. The molecule has 8 aromatic rings. The second kappa shape index (κ2) is 10.4. The molecule has 0 radical (unpaired) electrons. The number of aromatic nitrogens is 1. The summed E-state index contributed by atoms with van der Waals surface area (Å²) in [6.45, 7) is 0. The third kappa shape index (κ3) is 3.82. The van der Waals surface area contributed by atoms with Gasteiger partial charge in [0.1, 0.15) is 0 Å². The van der Waals surface area contributed by atoms with Gasteiger partial charge >= 0.3 is 267 Å². The van der Waals surface area contributed by atoms with Crippen molar-refractivity contribution in [2.75, 3.05) is 4.90 Å². The Kier molecular flexibility index (Phi) is 6.03. The molecular weight excluding hydrogens is 605 g/mol. The molecule has 1 aliphatic rings. The standard InChI is InChI=1S/C42H30GeN2/c1-3-16-31(17-4-1)43(32-18-5-2-6-19-32)37-24-9-13-28-41(37)45(42-29-14-10-25-38(42)43)34-21-15-20-33(30-34)44-39-26-11-7-22-35(39)36-23-8-12-27-40(36)44/h1-30H. The summed E-state index contributed by atoms with van der Waals surface area (Å²) in [5.74, 6) is 0. The molecule has 0 saturated heterocycles. The third-order valence-electron chi connectivity index (χ3n) is 9.44. The molecule has 212 valence electrons. The van der Waals surface area contributed by atoms with Crippen molar-refractivity contribution in [2.24, 2.45) is 0 Å². The number of benzene rings is 7. The first kappa shape index (κ1) is 26.1. The Morgan fingerprint density at radius 2 is 0.800 bits per heavy atom. The molecular formula is C42H30GeN2. The minimum atomic E-state index is -3.39. The quantitative estimate of drug-likeness (QED) is 0.178. The van der Waals surface area contributed by atoms with Crippen LogP contribution in [0.4, 0.5) is 17.1 Å². The van der Waals surface area contributed by atoms with Gasteiger partial charge in [-0.2, -0.15) is 0 Å². The molecule has 0 bridgehead atoms. The Bertz CT molecular complexity index is 2200. The summed E-state index contributed by atoms with van der Waals surface area (Å²) in [7, 11) is 0. The van der Waals surface area contributed by atoms with E-state index in [1.54, 1.807) is 0 Å². The molecule has 1 aromatic heterocycles. The monoisotopic (exact) mass is 636 g/mol. The molecule has 1 aliphatic heterocycles. The van der Waals surface area contributed by atoms with Gasteiger partial charge in [-0.05, 0) is 0 Å². The van der Waals surface area contributed by atoms with Crippen LogP contribution in [-0.2, 0) is 0 Å². The molecule has 0 saturated carbocycles. The molecule has 0 amide bonds. The van der Waals surface area contributed by atoms with Gasteiger partial charge in [0.15, 0.2) is 0 Å². The Hall–Kier alpha value is -5.32. The van der Waals surface area contributed by atoms with Crippen LogP contribution >= 0.6 is 0 Å². The van der Waals surface area contributed by atoms with Crippen LogP contribution in [0.1, 0.15) is 0 Å². The fourth-order valence-electron chi connectivity index (χ4n) is 7.66. The number of nitrogens with zero attached hydrogens (tertiary/aromatic N) is 2. The van der Waals surface area contributed by atoms with E-state index in [1.165, 1.54) is 50.8 Å². The Morgan fingerprint density at radius 3 is 1.36 bits per heavy atom. The zero-order valence-corrected chi connectivity index (χ0v) is 26.8. The van der Waals surface area contributed by atoms with E-state index in [1.807, 2.05) is 0 Å². The van der Waals surface area contributed by atoms with Crippen LogP contribution < -0.4 is 22.5 Å². The molecule has 7 aromatic carbocycles. The first-order valence-corrected chi connectivity index (χ1v) is 19.7. The fourth-order valence-corrected chi connectivity index (χ4v) is 18.4. The number of para-hydroxylation sites is 4. The summed E-state index contributed by atoms with van der Waals surface area (Å²) < 4.78 is 8.21. The van der Waals surface area contributed by atoms with Crippen molar-refractivity contribution in [3.05, 3.63) is 182 Å². The van der Waals surface area contributed by atoms with E-state index < -0.39 is 13.3 Å². The first-order valence-electron chi connectivity index (χ1n) is 15.5. The summed E-state index contributed by atoms with van der Waals surface area (Å²) in [6.07, 6.45) is 0. The predicted octanol–water partition coefficient (Wildman–Crippen LogP) is 7.94. The molecule has 0 fully saturated rings. The van der Waals surface area contributed by atoms with Crippen molar-refractivity contribution in [3.8, 4) is 5.69 Å². The van der Waals surface area contributed by atoms with Gasteiger partial charge in [0.05, 0.1) is 0 Å². The summed E-state index contributed by atoms with van der Waals surface area (Å²) in [5.41, 5.74) is 7.29. The van der Waals surface area contributed by atoms with E-state index in [4.69, 9.17) is 0 Å². The van der Waals surface area contributed by atoms with Crippen LogP contribution in [0.25, 0.3) is 27.5 Å². The summed E-state index contributed by atoms with van der Waals surface area (Å²) in [5, 5.41) is 2.55. The van der Waals surface area contributed by atoms with Crippen LogP contribution in [0.3, 0.4) is 0 Å². The topological polar surface area (TPSA) is 8.17 Å². The molecule has 0 spiro atoms. The summed E-state index contributed by atoms with van der Waals surface area (Å²) in [6, 6.07) is 67.3. The average molecular weight is 635 g/mol. The number of hydrogen-bond acceptors (Lipinski definition) is 1. The van der Waals surface area contributed by atoms with Crippen LogP contribution in [0.2, 0.25) is 0 Å². The van der Waals surface area contributed by atoms with Gasteiger partial charge in [0.2, 0.25) is 0 Å². The van der Waals surface area contributed by atoms with Gasteiger partial charge in [-0.15, -0.1) is 0 Å². The van der Waals surface area contributed by atoms with E-state index >= 15 is 0 Å². The van der Waals surface area contributed by atoms with E-state index in [9.17, 15) is 0 Å². The minimum absolute atomic E-state index is 1.16. The molecule has 0 aliphatic carbocycles. The number of rotatable bonds is 4. The van der Waals surface area contributed by atoms with E-state index in [-0.39, 0.29) is 0 Å². The van der Waals surface area contributed by atoms with Crippen molar-refractivity contribution in [3.63, 3.8) is 0 Å². The summed E-state index contributed by atoms with van der Waals surface area (Å²) >= 11 is -3.39. The second-order valence-corrected chi connectivity index (χ2v) is 19.6. The molecule has 9 rings (SSSR count). The van der Waals surface area contributed by atoms with Gasteiger partial charge in [-0.1, -0.05) is 0 Å². The Labute approximate surface area is 265 Å². The van der Waals surface area contributed by atoms with Crippen LogP contribution in [0.15, 0.2) is 182 Å². The van der Waals surface area contributed by atoms with Gasteiger partial charge < -0.3 is 0 Å². The number of anilines is 3. The van der Waals surface area contributed by atoms with Gasteiger partial charge in [-0.3, -0.25) is 0 Å². The molecule has 45 heavy (non-hydrogen) atoms. The Morgan fingerprint density at radius 1 is 0.356 bits per heavy atom. The third-order valence-corrected chi connectivity index (χ3v) is 19.6.